The Morgan fingerprint density at radius 3 is 2.92 bits per heavy atom. The van der Waals surface area contributed by atoms with Gasteiger partial charge in [-0.25, -0.2) is 9.78 Å². The number of imidazole rings is 1. The van der Waals surface area contributed by atoms with Crippen LogP contribution in [-0.4, -0.2) is 26.9 Å². The van der Waals surface area contributed by atoms with Gasteiger partial charge in [0.1, 0.15) is 5.69 Å². The van der Waals surface area contributed by atoms with Crippen molar-refractivity contribution in [3.8, 4) is 0 Å². The van der Waals surface area contributed by atoms with E-state index in [1.54, 1.807) is 7.05 Å². The van der Waals surface area contributed by atoms with Gasteiger partial charge < -0.3 is 14.4 Å². The van der Waals surface area contributed by atoms with Gasteiger partial charge in [0.2, 0.25) is 0 Å². The Balaban J connectivity index is 2.72. The van der Waals surface area contributed by atoms with Gasteiger partial charge in [0, 0.05) is 7.05 Å². The lowest BCUT2D eigenvalue weighted by atomic mass is 10.5. The summed E-state index contributed by atoms with van der Waals surface area (Å²) in [5, 5.41) is 8.74. The Hall–Kier alpha value is -1.36. The molecule has 5 heteroatoms. The summed E-state index contributed by atoms with van der Waals surface area (Å²) in [7, 11) is 1.67. The molecule has 0 aliphatic heterocycles. The topological polar surface area (TPSA) is 64.3 Å². The first kappa shape index (κ1) is 8.73. The van der Waals surface area contributed by atoms with Gasteiger partial charge in [-0.3, -0.25) is 0 Å². The highest BCUT2D eigenvalue weighted by Gasteiger charge is 2.12. The molecule has 1 atom stereocenters. The van der Waals surface area contributed by atoms with Crippen LogP contribution < -0.4 is 0 Å². The van der Waals surface area contributed by atoms with E-state index in [-0.39, 0.29) is 0 Å². The van der Waals surface area contributed by atoms with Crippen LogP contribution in [0.15, 0.2) is 12.5 Å². The monoisotopic (exact) mass is 170 g/mol. The molecule has 0 fully saturated rings. The molecule has 0 aliphatic carbocycles. The molecule has 0 amide bonds. The Bertz CT molecular complexity index is 280. The third-order valence-electron chi connectivity index (χ3n) is 1.30. The van der Waals surface area contributed by atoms with Crippen molar-refractivity contribution < 1.29 is 14.6 Å². The number of esters is 1. The molecule has 0 spiro atoms. The first-order chi connectivity index (χ1) is 5.61. The Labute approximate surface area is 69.6 Å². The number of hydrogen-bond donors (Lipinski definition) is 1. The number of hydrogen-bond acceptors (Lipinski definition) is 4. The first-order valence-corrected chi connectivity index (χ1v) is 3.46. The average molecular weight is 170 g/mol. The van der Waals surface area contributed by atoms with Gasteiger partial charge in [0.15, 0.2) is 6.29 Å². The lowest BCUT2D eigenvalue weighted by molar-refractivity contribution is -0.0529. The number of ether oxygens (including phenoxy) is 1. The van der Waals surface area contributed by atoms with Gasteiger partial charge in [0.25, 0.3) is 0 Å². The van der Waals surface area contributed by atoms with Gasteiger partial charge in [0.05, 0.1) is 12.5 Å². The number of aliphatic hydroxyl groups is 1. The maximum Gasteiger partial charge on any atom is 0.358 e. The summed E-state index contributed by atoms with van der Waals surface area (Å²) in [5.41, 5.74) is 0.316. The lowest BCUT2D eigenvalue weighted by Gasteiger charge is -2.06. The van der Waals surface area contributed by atoms with E-state index in [1.807, 2.05) is 0 Å². The molecule has 1 aromatic heterocycles. The van der Waals surface area contributed by atoms with Gasteiger partial charge in [-0.05, 0) is 6.92 Å². The van der Waals surface area contributed by atoms with Crippen LogP contribution in [0.4, 0.5) is 0 Å². The molecule has 0 saturated heterocycles. The summed E-state index contributed by atoms with van der Waals surface area (Å²) in [5.74, 6) is -0.579. The number of carbonyl (C=O) groups excluding carboxylic acids is 1. The second kappa shape index (κ2) is 3.36. The van der Waals surface area contributed by atoms with Crippen LogP contribution in [0.2, 0.25) is 0 Å². The minimum atomic E-state index is -1.09. The smallest absolute Gasteiger partial charge is 0.358 e. The number of aromatic nitrogens is 2. The zero-order valence-corrected chi connectivity index (χ0v) is 6.89. The fraction of sp³-hybridized carbons (Fsp3) is 0.429. The van der Waals surface area contributed by atoms with Crippen molar-refractivity contribution in [1.82, 2.24) is 9.55 Å². The molecule has 0 aromatic carbocycles. The van der Waals surface area contributed by atoms with Crippen LogP contribution in [0, 0.1) is 0 Å². The van der Waals surface area contributed by atoms with Crippen molar-refractivity contribution in [2.45, 2.75) is 13.2 Å². The molecule has 0 bridgehead atoms. The average Bonchev–Trinajstić information content (AvgIpc) is 2.33. The van der Waals surface area contributed by atoms with Crippen LogP contribution in [0.3, 0.4) is 0 Å². The number of aliphatic hydroxyl groups excluding tert-OH is 1. The maximum absolute atomic E-state index is 11.1. The predicted molar refractivity (Wildman–Crippen MR) is 40.3 cm³/mol. The lowest BCUT2D eigenvalue weighted by Crippen LogP contribution is -2.16. The van der Waals surface area contributed by atoms with Crippen LogP contribution in [0.1, 0.15) is 17.4 Å². The number of carbonyl (C=O) groups is 1. The zero-order chi connectivity index (χ0) is 9.14. The Morgan fingerprint density at radius 1 is 1.83 bits per heavy atom. The predicted octanol–water partition coefficient (Wildman–Crippen LogP) is -0.0848. The minimum Gasteiger partial charge on any atom is -0.432 e. The molecule has 0 saturated carbocycles. The number of aryl methyl sites for hydroxylation is 1. The fourth-order valence-corrected chi connectivity index (χ4v) is 0.769. The van der Waals surface area contributed by atoms with E-state index in [0.717, 1.165) is 0 Å². The summed E-state index contributed by atoms with van der Waals surface area (Å²) in [6.45, 7) is 1.37. The van der Waals surface area contributed by atoms with E-state index in [0.29, 0.717) is 5.69 Å². The molecule has 12 heavy (non-hydrogen) atoms. The normalized spacial score (nSPS) is 12.6. The second-order valence-corrected chi connectivity index (χ2v) is 2.39. The molecular formula is C7H10N2O3. The molecule has 1 N–H and O–H groups in total. The second-order valence-electron chi connectivity index (χ2n) is 2.39. The molecule has 1 rings (SSSR count). The van der Waals surface area contributed by atoms with E-state index in [4.69, 9.17) is 5.11 Å². The quantitative estimate of drug-likeness (QED) is 0.498. The highest BCUT2D eigenvalue weighted by molar-refractivity contribution is 5.87. The fourth-order valence-electron chi connectivity index (χ4n) is 0.769. The Morgan fingerprint density at radius 2 is 2.50 bits per heavy atom. The molecule has 1 heterocycles. The Kier molecular flexibility index (Phi) is 2.44. The van der Waals surface area contributed by atoms with E-state index in [1.165, 1.54) is 24.0 Å². The van der Waals surface area contributed by atoms with Crippen molar-refractivity contribution in [2.75, 3.05) is 0 Å². The van der Waals surface area contributed by atoms with Gasteiger partial charge in [-0.1, -0.05) is 0 Å². The number of nitrogens with zero attached hydrogens (tertiary/aromatic N) is 2. The van der Waals surface area contributed by atoms with Crippen LogP contribution in [0.25, 0.3) is 0 Å². The van der Waals surface area contributed by atoms with Gasteiger partial charge >= 0.3 is 5.97 Å². The maximum atomic E-state index is 11.1. The number of rotatable bonds is 2. The summed E-state index contributed by atoms with van der Waals surface area (Å²) in [6.07, 6.45) is 1.77. The largest absolute Gasteiger partial charge is 0.432 e. The van der Waals surface area contributed by atoms with Crippen LogP contribution in [0.5, 0.6) is 0 Å². The molecule has 5 nitrogen and oxygen atoms in total. The van der Waals surface area contributed by atoms with Crippen molar-refractivity contribution in [3.63, 3.8) is 0 Å². The van der Waals surface area contributed by atoms with Gasteiger partial charge in [-0.15, -0.1) is 0 Å². The summed E-state index contributed by atoms with van der Waals surface area (Å²) in [4.78, 5) is 14.8. The minimum absolute atomic E-state index is 0.316. The molecular weight excluding hydrogens is 160 g/mol. The van der Waals surface area contributed by atoms with Crippen molar-refractivity contribution in [3.05, 3.63) is 18.2 Å². The third kappa shape index (κ3) is 1.82. The summed E-state index contributed by atoms with van der Waals surface area (Å²) < 4.78 is 6.05. The van der Waals surface area contributed by atoms with Crippen LogP contribution in [-0.2, 0) is 11.8 Å². The SMILES string of the molecule is CC(O)OC(=O)c1cncn1C. The van der Waals surface area contributed by atoms with E-state index in [9.17, 15) is 4.79 Å². The van der Waals surface area contributed by atoms with Crippen LogP contribution >= 0.6 is 0 Å². The summed E-state index contributed by atoms with van der Waals surface area (Å²) >= 11 is 0. The van der Waals surface area contributed by atoms with Crippen molar-refractivity contribution >= 4 is 5.97 Å². The highest BCUT2D eigenvalue weighted by Crippen LogP contribution is 2.00. The highest BCUT2D eigenvalue weighted by atomic mass is 16.6. The molecule has 0 radical (unpaired) electrons. The van der Waals surface area contributed by atoms with Crippen molar-refractivity contribution in [2.24, 2.45) is 7.05 Å². The molecule has 1 unspecified atom stereocenters. The summed E-state index contributed by atoms with van der Waals surface area (Å²) in [6, 6.07) is 0. The van der Waals surface area contributed by atoms with E-state index < -0.39 is 12.3 Å². The van der Waals surface area contributed by atoms with E-state index in [2.05, 4.69) is 9.72 Å². The zero-order valence-electron chi connectivity index (χ0n) is 6.89. The molecule has 66 valence electrons. The molecule has 1 aromatic rings. The van der Waals surface area contributed by atoms with Crippen molar-refractivity contribution in [1.29, 1.82) is 0 Å². The first-order valence-electron chi connectivity index (χ1n) is 3.46. The van der Waals surface area contributed by atoms with Gasteiger partial charge in [-0.2, -0.15) is 0 Å². The molecule has 0 aliphatic rings. The van der Waals surface area contributed by atoms with E-state index >= 15 is 0 Å². The standard InChI is InChI=1S/C7H10N2O3/c1-5(10)12-7(11)6-3-8-4-9(6)2/h3-5,10H,1-2H3. The third-order valence-corrected chi connectivity index (χ3v) is 1.30.